The molecule has 2 bridgehead atoms. The molecule has 0 aromatic carbocycles. The highest BCUT2D eigenvalue weighted by atomic mass is 16.3. The number of rotatable bonds is 0. The predicted molar refractivity (Wildman–Crippen MR) is 87.7 cm³/mol. The van der Waals surface area contributed by atoms with E-state index in [1.54, 1.807) is 0 Å². The van der Waals surface area contributed by atoms with Gasteiger partial charge in [-0.05, 0) is 48.9 Å². The van der Waals surface area contributed by atoms with Gasteiger partial charge in [0.05, 0.1) is 0 Å². The minimum atomic E-state index is -0.860. The Labute approximate surface area is 138 Å². The lowest BCUT2D eigenvalue weighted by atomic mass is 9.36. The van der Waals surface area contributed by atoms with E-state index in [9.17, 15) is 14.7 Å². The lowest BCUT2D eigenvalue weighted by Crippen LogP contribution is -2.66. The van der Waals surface area contributed by atoms with Crippen LogP contribution >= 0.6 is 0 Å². The zero-order chi connectivity index (χ0) is 16.8. The first-order valence-corrected chi connectivity index (χ1v) is 9.05. The van der Waals surface area contributed by atoms with Crippen LogP contribution in [0.15, 0.2) is 12.2 Å². The molecule has 1 N–H and O–H groups in total. The molecule has 0 amide bonds. The molecule has 0 heterocycles. The normalized spacial score (nSPS) is 51.4. The highest BCUT2D eigenvalue weighted by Gasteiger charge is 2.68. The van der Waals surface area contributed by atoms with E-state index >= 15 is 0 Å². The molecule has 126 valence electrons. The number of hydrogen-bond donors (Lipinski definition) is 1. The largest absolute Gasteiger partial charge is 0.385 e. The third-order valence-electron chi connectivity index (χ3n) is 8.23. The number of allylic oxidation sites excluding steroid dienone is 1. The Morgan fingerprint density at radius 1 is 1.13 bits per heavy atom. The molecule has 0 aromatic heterocycles. The Bertz CT molecular complexity index is 618. The molecular weight excluding hydrogens is 288 g/mol. The second-order valence-electron chi connectivity index (χ2n) is 9.57. The van der Waals surface area contributed by atoms with Gasteiger partial charge in [-0.3, -0.25) is 9.59 Å². The number of aliphatic hydroxyl groups excluding tert-OH is 1. The topological polar surface area (TPSA) is 54.4 Å². The second-order valence-corrected chi connectivity index (χ2v) is 9.57. The lowest BCUT2D eigenvalue weighted by molar-refractivity contribution is -0.197. The number of fused-ring (bicyclic) bond motifs is 3. The van der Waals surface area contributed by atoms with E-state index in [1.165, 1.54) is 5.57 Å². The summed E-state index contributed by atoms with van der Waals surface area (Å²) in [5, 5.41) is 10.4. The first-order valence-electron chi connectivity index (χ1n) is 9.05. The molecule has 5 aliphatic rings. The van der Waals surface area contributed by atoms with Crippen molar-refractivity contribution in [3.63, 3.8) is 0 Å². The van der Waals surface area contributed by atoms with Crippen molar-refractivity contribution in [1.29, 1.82) is 0 Å². The number of carbonyl (C=O) groups excluding carboxylic acids is 2. The Hall–Kier alpha value is -0.960. The number of Topliss-reactive ketones (excluding diaryl/α,β-unsaturated/α-hetero) is 2. The fourth-order valence-electron chi connectivity index (χ4n) is 7.12. The molecule has 5 aliphatic carbocycles. The van der Waals surface area contributed by atoms with E-state index in [-0.39, 0.29) is 22.5 Å². The van der Waals surface area contributed by atoms with Gasteiger partial charge in [-0.2, -0.15) is 0 Å². The van der Waals surface area contributed by atoms with Crippen LogP contribution < -0.4 is 0 Å². The Kier molecular flexibility index (Phi) is 2.95. The molecule has 0 aromatic rings. The molecule has 5 fully saturated rings. The first kappa shape index (κ1) is 15.6. The average molecular weight is 316 g/mol. The fraction of sp³-hybridized carbons (Fsp3) is 0.800. The van der Waals surface area contributed by atoms with Gasteiger partial charge in [0, 0.05) is 23.7 Å². The highest BCUT2D eigenvalue weighted by molar-refractivity contribution is 5.90. The van der Waals surface area contributed by atoms with Crippen molar-refractivity contribution >= 4 is 11.6 Å². The van der Waals surface area contributed by atoms with Crippen LogP contribution in [0.5, 0.6) is 0 Å². The van der Waals surface area contributed by atoms with Gasteiger partial charge in [0.1, 0.15) is 11.9 Å². The van der Waals surface area contributed by atoms with Crippen molar-refractivity contribution in [1.82, 2.24) is 0 Å². The van der Waals surface area contributed by atoms with Crippen LogP contribution in [0.4, 0.5) is 0 Å². The standard InChI is InChI=1S/C20H28O3/c1-11-9-20-6-5-14-18(2,3)17(23)13(21)10-19(14,4)15(20)7-12(11)8-16(20)22/h12,14-15,17,23H,1,5-10H2,2-4H3. The van der Waals surface area contributed by atoms with Crippen LogP contribution in [0.1, 0.15) is 59.3 Å². The van der Waals surface area contributed by atoms with Crippen LogP contribution in [0.2, 0.25) is 0 Å². The molecule has 6 unspecified atom stereocenters. The molecule has 23 heavy (non-hydrogen) atoms. The van der Waals surface area contributed by atoms with Crippen molar-refractivity contribution in [2.45, 2.75) is 65.4 Å². The van der Waals surface area contributed by atoms with E-state index in [2.05, 4.69) is 13.5 Å². The SMILES string of the molecule is C=C1CC23CCC4C(C)(C)C(O)C(=O)CC4(C)C2CC1CC3=O. The van der Waals surface area contributed by atoms with E-state index in [0.717, 1.165) is 25.7 Å². The summed E-state index contributed by atoms with van der Waals surface area (Å²) < 4.78 is 0. The summed E-state index contributed by atoms with van der Waals surface area (Å²) in [5.74, 6) is 1.29. The van der Waals surface area contributed by atoms with Crippen LogP contribution in [0, 0.1) is 34.0 Å². The molecule has 5 rings (SSSR count). The highest BCUT2D eigenvalue weighted by Crippen LogP contribution is 2.70. The molecule has 6 atom stereocenters. The maximum atomic E-state index is 12.9. The van der Waals surface area contributed by atoms with Crippen molar-refractivity contribution in [2.75, 3.05) is 0 Å². The Balaban J connectivity index is 1.82. The van der Waals surface area contributed by atoms with E-state index < -0.39 is 11.5 Å². The summed E-state index contributed by atoms with van der Waals surface area (Å²) in [4.78, 5) is 25.4. The zero-order valence-corrected chi connectivity index (χ0v) is 14.5. The summed E-state index contributed by atoms with van der Waals surface area (Å²) in [6, 6.07) is 0. The Morgan fingerprint density at radius 2 is 1.83 bits per heavy atom. The fourth-order valence-corrected chi connectivity index (χ4v) is 7.12. The van der Waals surface area contributed by atoms with E-state index in [1.807, 2.05) is 13.8 Å². The number of aliphatic hydroxyl groups is 1. The summed E-state index contributed by atoms with van der Waals surface area (Å²) in [7, 11) is 0. The maximum absolute atomic E-state index is 12.9. The van der Waals surface area contributed by atoms with Crippen molar-refractivity contribution in [2.24, 2.45) is 34.0 Å². The molecule has 5 saturated carbocycles. The number of carbonyl (C=O) groups is 2. The quantitative estimate of drug-likeness (QED) is 0.698. The number of ketones is 2. The summed E-state index contributed by atoms with van der Waals surface area (Å²) in [6.07, 6.45) is 3.93. The maximum Gasteiger partial charge on any atom is 0.162 e. The van der Waals surface area contributed by atoms with Crippen LogP contribution in [0.25, 0.3) is 0 Å². The summed E-state index contributed by atoms with van der Waals surface area (Å²) >= 11 is 0. The molecule has 3 heteroatoms. The van der Waals surface area contributed by atoms with Gasteiger partial charge in [-0.1, -0.05) is 32.9 Å². The summed E-state index contributed by atoms with van der Waals surface area (Å²) in [6.45, 7) is 10.5. The average Bonchev–Trinajstić information content (AvgIpc) is 2.45. The molecule has 1 spiro atoms. The monoisotopic (exact) mass is 316 g/mol. The molecule has 3 nitrogen and oxygen atoms in total. The minimum Gasteiger partial charge on any atom is -0.385 e. The summed E-state index contributed by atoms with van der Waals surface area (Å²) in [5.41, 5.74) is 0.426. The van der Waals surface area contributed by atoms with Gasteiger partial charge in [-0.25, -0.2) is 0 Å². The van der Waals surface area contributed by atoms with Gasteiger partial charge in [0.2, 0.25) is 0 Å². The van der Waals surface area contributed by atoms with Gasteiger partial charge in [0.25, 0.3) is 0 Å². The molecule has 0 aliphatic heterocycles. The minimum absolute atomic E-state index is 0.0291. The van der Waals surface area contributed by atoms with Gasteiger partial charge in [-0.15, -0.1) is 0 Å². The van der Waals surface area contributed by atoms with Crippen LogP contribution in [-0.4, -0.2) is 22.8 Å². The number of hydrogen-bond acceptors (Lipinski definition) is 3. The van der Waals surface area contributed by atoms with E-state index in [4.69, 9.17) is 0 Å². The van der Waals surface area contributed by atoms with E-state index in [0.29, 0.717) is 30.5 Å². The third kappa shape index (κ3) is 1.70. The molecule has 0 radical (unpaired) electrons. The van der Waals surface area contributed by atoms with Crippen molar-refractivity contribution in [3.05, 3.63) is 12.2 Å². The third-order valence-corrected chi connectivity index (χ3v) is 8.23. The van der Waals surface area contributed by atoms with Gasteiger partial charge in [0.15, 0.2) is 5.78 Å². The first-order chi connectivity index (χ1) is 10.6. The van der Waals surface area contributed by atoms with Gasteiger partial charge < -0.3 is 5.11 Å². The molecular formula is C20H28O3. The van der Waals surface area contributed by atoms with Crippen LogP contribution in [-0.2, 0) is 9.59 Å². The Morgan fingerprint density at radius 3 is 2.52 bits per heavy atom. The second kappa shape index (κ2) is 4.36. The van der Waals surface area contributed by atoms with Crippen molar-refractivity contribution < 1.29 is 14.7 Å². The smallest absolute Gasteiger partial charge is 0.162 e. The van der Waals surface area contributed by atoms with Crippen molar-refractivity contribution in [3.8, 4) is 0 Å². The van der Waals surface area contributed by atoms with Gasteiger partial charge >= 0.3 is 0 Å². The molecule has 0 saturated heterocycles. The van der Waals surface area contributed by atoms with Crippen LogP contribution in [0.3, 0.4) is 0 Å². The lowest BCUT2D eigenvalue weighted by Gasteiger charge is -2.67. The predicted octanol–water partition coefficient (Wildman–Crippen LogP) is 3.30. The zero-order valence-electron chi connectivity index (χ0n) is 14.5.